The minimum absolute atomic E-state index is 0.0148. The van der Waals surface area contributed by atoms with Crippen LogP contribution in [0, 0.1) is 13.8 Å². The molecule has 0 bridgehead atoms. The van der Waals surface area contributed by atoms with Crippen LogP contribution in [-0.2, 0) is 23.1 Å². The lowest BCUT2D eigenvalue weighted by Gasteiger charge is -2.01. The van der Waals surface area contributed by atoms with Crippen LogP contribution in [-0.4, -0.2) is 20.4 Å². The number of aryl methyl sites for hydroxylation is 2. The quantitative estimate of drug-likeness (QED) is 0.828. The van der Waals surface area contributed by atoms with Crippen LogP contribution in [0.2, 0.25) is 0 Å². The minimum atomic E-state index is -3.70. The molecule has 0 saturated carbocycles. The van der Waals surface area contributed by atoms with Crippen LogP contribution in [0.3, 0.4) is 0 Å². The van der Waals surface area contributed by atoms with Gasteiger partial charge < -0.3 is 14.2 Å². The summed E-state index contributed by atoms with van der Waals surface area (Å²) in [5, 5.41) is 2.76. The van der Waals surface area contributed by atoms with Gasteiger partial charge in [0.15, 0.2) is 0 Å². The molecule has 2 aromatic rings. The average Bonchev–Trinajstić information content (AvgIpc) is 2.96. The number of oxazole rings is 1. The van der Waals surface area contributed by atoms with Crippen LogP contribution in [0.5, 0.6) is 0 Å². The predicted molar refractivity (Wildman–Crippen MR) is 71.5 cm³/mol. The van der Waals surface area contributed by atoms with E-state index in [4.69, 9.17) is 8.83 Å². The standard InChI is InChI=1S/C12H17N3O4S/c1-8-9(2)18-11(15-8)7-14-20(16,17)12-5-4-10(19-12)6-13-3/h4-5,13-14H,6-7H2,1-3H3. The van der Waals surface area contributed by atoms with Crippen molar-refractivity contribution in [3.05, 3.63) is 35.2 Å². The van der Waals surface area contributed by atoms with Gasteiger partial charge in [-0.05, 0) is 33.0 Å². The highest BCUT2D eigenvalue weighted by molar-refractivity contribution is 7.89. The normalized spacial score (nSPS) is 11.9. The lowest BCUT2D eigenvalue weighted by Crippen LogP contribution is -2.23. The van der Waals surface area contributed by atoms with Gasteiger partial charge in [0.25, 0.3) is 10.0 Å². The zero-order chi connectivity index (χ0) is 14.8. The third-order valence-electron chi connectivity index (χ3n) is 2.74. The molecule has 110 valence electrons. The number of hydrogen-bond donors (Lipinski definition) is 2. The fraction of sp³-hybridized carbons (Fsp3) is 0.417. The van der Waals surface area contributed by atoms with Crippen molar-refractivity contribution in [1.29, 1.82) is 0 Å². The molecule has 0 saturated heterocycles. The van der Waals surface area contributed by atoms with E-state index < -0.39 is 10.0 Å². The van der Waals surface area contributed by atoms with Crippen molar-refractivity contribution in [3.63, 3.8) is 0 Å². The molecule has 0 unspecified atom stereocenters. The average molecular weight is 299 g/mol. The van der Waals surface area contributed by atoms with E-state index in [0.29, 0.717) is 24.0 Å². The van der Waals surface area contributed by atoms with Crippen LogP contribution in [0.4, 0.5) is 0 Å². The predicted octanol–water partition coefficient (Wildman–Crippen LogP) is 1.08. The van der Waals surface area contributed by atoms with Crippen molar-refractivity contribution >= 4 is 10.0 Å². The summed E-state index contributed by atoms with van der Waals surface area (Å²) in [6.45, 7) is 4.02. The molecule has 20 heavy (non-hydrogen) atoms. The van der Waals surface area contributed by atoms with Crippen LogP contribution >= 0.6 is 0 Å². The maximum absolute atomic E-state index is 12.0. The van der Waals surface area contributed by atoms with Crippen molar-refractivity contribution in [2.45, 2.75) is 32.0 Å². The molecule has 0 aromatic carbocycles. The SMILES string of the molecule is CNCc1ccc(S(=O)(=O)NCc2nc(C)c(C)o2)o1. The second kappa shape index (κ2) is 5.78. The second-order valence-electron chi connectivity index (χ2n) is 4.32. The Bertz CT molecular complexity index is 668. The Balaban J connectivity index is 2.06. The zero-order valence-electron chi connectivity index (χ0n) is 11.6. The molecule has 0 fully saturated rings. The first-order valence-electron chi connectivity index (χ1n) is 6.08. The fourth-order valence-electron chi connectivity index (χ4n) is 1.61. The Morgan fingerprint density at radius 1 is 1.20 bits per heavy atom. The van der Waals surface area contributed by atoms with Gasteiger partial charge >= 0.3 is 0 Å². The van der Waals surface area contributed by atoms with Crippen molar-refractivity contribution in [2.24, 2.45) is 0 Å². The summed E-state index contributed by atoms with van der Waals surface area (Å²) in [5.74, 6) is 1.55. The monoisotopic (exact) mass is 299 g/mol. The molecule has 0 aliphatic rings. The van der Waals surface area contributed by atoms with Crippen LogP contribution in [0.1, 0.15) is 23.1 Å². The molecule has 2 N–H and O–H groups in total. The molecule has 0 amide bonds. The van der Waals surface area contributed by atoms with Crippen molar-refractivity contribution in [1.82, 2.24) is 15.0 Å². The van der Waals surface area contributed by atoms with Gasteiger partial charge in [0, 0.05) is 0 Å². The van der Waals surface area contributed by atoms with Crippen LogP contribution < -0.4 is 10.0 Å². The van der Waals surface area contributed by atoms with Crippen molar-refractivity contribution in [3.8, 4) is 0 Å². The van der Waals surface area contributed by atoms with E-state index in [0.717, 1.165) is 5.69 Å². The van der Waals surface area contributed by atoms with Gasteiger partial charge in [-0.2, -0.15) is 4.72 Å². The summed E-state index contributed by atoms with van der Waals surface area (Å²) >= 11 is 0. The molecule has 0 spiro atoms. The van der Waals surface area contributed by atoms with Gasteiger partial charge in [0.05, 0.1) is 18.8 Å². The van der Waals surface area contributed by atoms with Crippen LogP contribution in [0.15, 0.2) is 26.1 Å². The first-order valence-corrected chi connectivity index (χ1v) is 7.56. The van der Waals surface area contributed by atoms with Gasteiger partial charge in [-0.3, -0.25) is 0 Å². The Labute approximate surface area is 117 Å². The number of hydrogen-bond acceptors (Lipinski definition) is 6. The van der Waals surface area contributed by atoms with E-state index in [9.17, 15) is 8.42 Å². The lowest BCUT2D eigenvalue weighted by molar-refractivity contribution is 0.402. The maximum Gasteiger partial charge on any atom is 0.274 e. The number of furan rings is 1. The Morgan fingerprint density at radius 3 is 2.55 bits per heavy atom. The largest absolute Gasteiger partial charge is 0.447 e. The minimum Gasteiger partial charge on any atom is -0.447 e. The highest BCUT2D eigenvalue weighted by Crippen LogP contribution is 2.14. The fourth-order valence-corrected chi connectivity index (χ4v) is 2.53. The summed E-state index contributed by atoms with van der Waals surface area (Å²) in [5.41, 5.74) is 0.744. The summed E-state index contributed by atoms with van der Waals surface area (Å²) in [6.07, 6.45) is 0. The molecule has 8 heteroatoms. The highest BCUT2D eigenvalue weighted by Gasteiger charge is 2.19. The van der Waals surface area contributed by atoms with Gasteiger partial charge in [-0.25, -0.2) is 13.4 Å². The van der Waals surface area contributed by atoms with Gasteiger partial charge in [0.2, 0.25) is 11.0 Å². The third-order valence-corrected chi connectivity index (χ3v) is 4.01. The molecule has 0 atom stereocenters. The van der Waals surface area contributed by atoms with E-state index in [-0.39, 0.29) is 11.6 Å². The first kappa shape index (κ1) is 14.8. The zero-order valence-corrected chi connectivity index (χ0v) is 12.4. The van der Waals surface area contributed by atoms with E-state index in [1.807, 2.05) is 0 Å². The number of sulfonamides is 1. The Kier molecular flexibility index (Phi) is 4.26. The molecule has 7 nitrogen and oxygen atoms in total. The molecular formula is C12H17N3O4S. The molecular weight excluding hydrogens is 282 g/mol. The Hall–Kier alpha value is -1.64. The smallest absolute Gasteiger partial charge is 0.274 e. The summed E-state index contributed by atoms with van der Waals surface area (Å²) in [6, 6.07) is 3.03. The first-order chi connectivity index (χ1) is 9.42. The molecule has 0 radical (unpaired) electrons. The molecule has 2 heterocycles. The van der Waals surface area contributed by atoms with Gasteiger partial charge in [-0.1, -0.05) is 0 Å². The number of rotatable bonds is 6. The molecule has 0 aliphatic heterocycles. The molecule has 2 aromatic heterocycles. The third kappa shape index (κ3) is 3.27. The van der Waals surface area contributed by atoms with Crippen molar-refractivity contribution in [2.75, 3.05) is 7.05 Å². The Morgan fingerprint density at radius 2 is 1.95 bits per heavy atom. The topological polar surface area (TPSA) is 97.4 Å². The highest BCUT2D eigenvalue weighted by atomic mass is 32.2. The van der Waals surface area contributed by atoms with Gasteiger partial charge in [0.1, 0.15) is 11.5 Å². The summed E-state index contributed by atoms with van der Waals surface area (Å²) in [7, 11) is -1.95. The molecule has 0 aliphatic carbocycles. The number of aromatic nitrogens is 1. The lowest BCUT2D eigenvalue weighted by atomic mass is 10.4. The molecule has 2 rings (SSSR count). The van der Waals surface area contributed by atoms with Gasteiger partial charge in [-0.15, -0.1) is 0 Å². The summed E-state index contributed by atoms with van der Waals surface area (Å²) < 4.78 is 37.0. The van der Waals surface area contributed by atoms with E-state index in [2.05, 4.69) is 15.0 Å². The van der Waals surface area contributed by atoms with E-state index >= 15 is 0 Å². The van der Waals surface area contributed by atoms with Crippen LogP contribution in [0.25, 0.3) is 0 Å². The summed E-state index contributed by atoms with van der Waals surface area (Å²) in [4.78, 5) is 4.11. The second-order valence-corrected chi connectivity index (χ2v) is 6.02. The van der Waals surface area contributed by atoms with Crippen molar-refractivity contribution < 1.29 is 17.3 Å². The number of nitrogens with one attached hydrogen (secondary N) is 2. The van der Waals surface area contributed by atoms with E-state index in [1.54, 1.807) is 27.0 Å². The number of nitrogens with zero attached hydrogens (tertiary/aromatic N) is 1. The maximum atomic E-state index is 12.0. The van der Waals surface area contributed by atoms with E-state index in [1.165, 1.54) is 6.07 Å².